The monoisotopic (exact) mass is 240 g/mol. The minimum atomic E-state index is 0.208. The summed E-state index contributed by atoms with van der Waals surface area (Å²) in [6.07, 6.45) is 5.09. The first-order valence-corrected chi connectivity index (χ1v) is 6.73. The fourth-order valence-electron chi connectivity index (χ4n) is 1.86. The zero-order chi connectivity index (χ0) is 12.9. The zero-order valence-electron chi connectivity index (χ0n) is 11.7. The number of rotatable bonds is 4. The summed E-state index contributed by atoms with van der Waals surface area (Å²) >= 11 is 0. The lowest BCUT2D eigenvalue weighted by Crippen LogP contribution is -2.46. The molecule has 1 aliphatic rings. The molecule has 0 saturated heterocycles. The molecule has 0 bridgehead atoms. The number of hydrazine groups is 1. The summed E-state index contributed by atoms with van der Waals surface area (Å²) in [6.45, 7) is 9.74. The third-order valence-corrected chi connectivity index (χ3v) is 4.04. The van der Waals surface area contributed by atoms with E-state index in [2.05, 4.69) is 43.4 Å². The number of nitrogens with one attached hydrogen (secondary N) is 2. The van der Waals surface area contributed by atoms with E-state index in [4.69, 9.17) is 5.84 Å². The summed E-state index contributed by atoms with van der Waals surface area (Å²) < 4.78 is 0. The Morgan fingerprint density at radius 3 is 2.41 bits per heavy atom. The Morgan fingerprint density at radius 1 is 1.35 bits per heavy atom. The first-order valence-electron chi connectivity index (χ1n) is 6.73. The highest BCUT2D eigenvalue weighted by Gasteiger charge is 2.22. The quantitative estimate of drug-likeness (QED) is 0.305. The Hall–Kier alpha value is -0.770. The topological polar surface area (TPSA) is 62.4 Å². The molecule has 4 heteroatoms. The summed E-state index contributed by atoms with van der Waals surface area (Å²) in [5.74, 6) is 6.86. The normalized spacial score (nSPS) is 18.8. The van der Waals surface area contributed by atoms with E-state index in [1.54, 1.807) is 0 Å². The summed E-state index contributed by atoms with van der Waals surface area (Å²) in [4.78, 5) is 4.57. The van der Waals surface area contributed by atoms with Crippen molar-refractivity contribution in [2.24, 2.45) is 22.2 Å². The number of aliphatic imine (C=N–C) groups is 1. The van der Waals surface area contributed by atoms with Crippen LogP contribution in [-0.4, -0.2) is 18.5 Å². The van der Waals surface area contributed by atoms with Gasteiger partial charge in [0.1, 0.15) is 0 Å². The van der Waals surface area contributed by atoms with Crippen molar-refractivity contribution in [1.29, 1.82) is 0 Å². The lowest BCUT2D eigenvalue weighted by molar-refractivity contribution is 0.261. The molecule has 1 fully saturated rings. The van der Waals surface area contributed by atoms with E-state index in [9.17, 15) is 0 Å². The Morgan fingerprint density at radius 2 is 1.94 bits per heavy atom. The first-order chi connectivity index (χ1) is 7.95. The summed E-state index contributed by atoms with van der Waals surface area (Å²) in [5.41, 5.74) is 2.89. The molecule has 1 saturated carbocycles. The van der Waals surface area contributed by atoms with E-state index in [0.29, 0.717) is 12.0 Å². The average molecular weight is 240 g/mol. The van der Waals surface area contributed by atoms with Gasteiger partial charge in [0.15, 0.2) is 0 Å². The second kappa shape index (κ2) is 6.24. The largest absolute Gasteiger partial charge is 0.353 e. The summed E-state index contributed by atoms with van der Waals surface area (Å²) in [5, 5.41) is 3.39. The van der Waals surface area contributed by atoms with Crippen molar-refractivity contribution < 1.29 is 0 Å². The van der Waals surface area contributed by atoms with Gasteiger partial charge in [-0.05, 0) is 24.2 Å². The molecule has 0 radical (unpaired) electrons. The van der Waals surface area contributed by atoms with Crippen LogP contribution < -0.4 is 16.6 Å². The lowest BCUT2D eigenvalue weighted by Gasteiger charge is -2.27. The van der Waals surface area contributed by atoms with Crippen LogP contribution in [0.25, 0.3) is 0 Å². The third-order valence-electron chi connectivity index (χ3n) is 4.04. The Labute approximate surface area is 105 Å². The number of nitrogens with two attached hydrogens (primary N) is 1. The predicted octanol–water partition coefficient (Wildman–Crippen LogP) is 2.02. The van der Waals surface area contributed by atoms with Crippen LogP contribution in [0.5, 0.6) is 0 Å². The van der Waals surface area contributed by atoms with Crippen LogP contribution in [-0.2, 0) is 0 Å². The van der Waals surface area contributed by atoms with Crippen LogP contribution in [0.3, 0.4) is 0 Å². The molecule has 17 heavy (non-hydrogen) atoms. The minimum absolute atomic E-state index is 0.208. The van der Waals surface area contributed by atoms with Crippen LogP contribution >= 0.6 is 0 Å². The molecule has 0 spiro atoms. The molecule has 0 aromatic rings. The Kier molecular flexibility index (Phi) is 5.25. The van der Waals surface area contributed by atoms with Crippen LogP contribution in [0, 0.1) is 11.3 Å². The van der Waals surface area contributed by atoms with E-state index in [1.807, 2.05) is 0 Å². The van der Waals surface area contributed by atoms with Crippen molar-refractivity contribution in [1.82, 2.24) is 10.7 Å². The number of guanidine groups is 1. The van der Waals surface area contributed by atoms with Gasteiger partial charge in [-0.1, -0.05) is 40.5 Å². The van der Waals surface area contributed by atoms with Crippen LogP contribution in [0.4, 0.5) is 0 Å². The first kappa shape index (κ1) is 14.3. The van der Waals surface area contributed by atoms with Gasteiger partial charge < -0.3 is 5.32 Å². The van der Waals surface area contributed by atoms with Gasteiger partial charge in [-0.2, -0.15) is 0 Å². The highest BCUT2D eigenvalue weighted by molar-refractivity contribution is 5.79. The lowest BCUT2D eigenvalue weighted by atomic mass is 9.81. The van der Waals surface area contributed by atoms with Gasteiger partial charge in [0.05, 0.1) is 0 Å². The van der Waals surface area contributed by atoms with Crippen molar-refractivity contribution >= 4 is 5.96 Å². The van der Waals surface area contributed by atoms with Crippen molar-refractivity contribution in [2.45, 2.75) is 59.4 Å². The Balaban J connectivity index is 2.48. The third kappa shape index (κ3) is 4.54. The van der Waals surface area contributed by atoms with Gasteiger partial charge in [0, 0.05) is 12.6 Å². The molecular weight excluding hydrogens is 212 g/mol. The van der Waals surface area contributed by atoms with Crippen LogP contribution in [0.1, 0.15) is 53.4 Å². The molecule has 0 amide bonds. The van der Waals surface area contributed by atoms with E-state index in [0.717, 1.165) is 12.5 Å². The van der Waals surface area contributed by atoms with Crippen molar-refractivity contribution in [3.05, 3.63) is 0 Å². The van der Waals surface area contributed by atoms with Crippen LogP contribution in [0.2, 0.25) is 0 Å². The molecule has 0 unspecified atom stereocenters. The maximum Gasteiger partial charge on any atom is 0.205 e. The highest BCUT2D eigenvalue weighted by atomic mass is 15.3. The zero-order valence-corrected chi connectivity index (χ0v) is 11.7. The standard InChI is InChI=1S/C13H28N4/c1-10(2)13(3,4)9-15-12(17-14)16-11-7-5-6-8-11/h10-11H,5-9,14H2,1-4H3,(H2,15,16,17). The molecule has 100 valence electrons. The molecule has 4 N–H and O–H groups in total. The van der Waals surface area contributed by atoms with Gasteiger partial charge in [-0.15, -0.1) is 0 Å². The predicted molar refractivity (Wildman–Crippen MR) is 73.6 cm³/mol. The second-order valence-corrected chi connectivity index (χ2v) is 6.08. The van der Waals surface area contributed by atoms with Crippen molar-refractivity contribution in [3.63, 3.8) is 0 Å². The molecule has 0 aliphatic heterocycles. The molecule has 4 nitrogen and oxygen atoms in total. The molecule has 0 aromatic carbocycles. The molecule has 1 aliphatic carbocycles. The summed E-state index contributed by atoms with van der Waals surface area (Å²) in [6, 6.07) is 0.548. The summed E-state index contributed by atoms with van der Waals surface area (Å²) in [7, 11) is 0. The average Bonchev–Trinajstić information content (AvgIpc) is 2.76. The van der Waals surface area contributed by atoms with Crippen molar-refractivity contribution in [2.75, 3.05) is 6.54 Å². The SMILES string of the molecule is CC(C)C(C)(C)CN=C(NN)NC1CCCC1. The van der Waals surface area contributed by atoms with E-state index >= 15 is 0 Å². The molecule has 1 rings (SSSR count). The van der Waals surface area contributed by atoms with Gasteiger partial charge in [-0.3, -0.25) is 10.4 Å². The van der Waals surface area contributed by atoms with Crippen molar-refractivity contribution in [3.8, 4) is 0 Å². The maximum atomic E-state index is 5.51. The maximum absolute atomic E-state index is 5.51. The fraction of sp³-hybridized carbons (Fsp3) is 0.923. The van der Waals surface area contributed by atoms with E-state index in [1.165, 1.54) is 25.7 Å². The molecule has 0 atom stereocenters. The van der Waals surface area contributed by atoms with Crippen LogP contribution in [0.15, 0.2) is 4.99 Å². The highest BCUT2D eigenvalue weighted by Crippen LogP contribution is 2.26. The van der Waals surface area contributed by atoms with Gasteiger partial charge in [-0.25, -0.2) is 5.84 Å². The molecule has 0 heterocycles. The smallest absolute Gasteiger partial charge is 0.205 e. The Bertz CT molecular complexity index is 252. The molecular formula is C13H28N4. The van der Waals surface area contributed by atoms with Gasteiger partial charge in [0.25, 0.3) is 0 Å². The molecule has 0 aromatic heterocycles. The number of nitrogens with zero attached hydrogens (tertiary/aromatic N) is 1. The van der Waals surface area contributed by atoms with Gasteiger partial charge in [0.2, 0.25) is 5.96 Å². The number of hydrogen-bond acceptors (Lipinski definition) is 2. The minimum Gasteiger partial charge on any atom is -0.353 e. The second-order valence-electron chi connectivity index (χ2n) is 6.08. The number of hydrogen-bond donors (Lipinski definition) is 3. The van der Waals surface area contributed by atoms with Gasteiger partial charge >= 0.3 is 0 Å². The van der Waals surface area contributed by atoms with E-state index in [-0.39, 0.29) is 5.41 Å². The fourth-order valence-corrected chi connectivity index (χ4v) is 1.86. The van der Waals surface area contributed by atoms with E-state index < -0.39 is 0 Å².